The number of aromatic nitrogens is 2. The molecule has 3 aliphatic rings. The van der Waals surface area contributed by atoms with Crippen LogP contribution in [0.25, 0.3) is 21.3 Å². The molecule has 8 rings (SSSR count). The maximum absolute atomic E-state index is 16.0. The number of carbonyl (C=O) groups excluding carboxylic acids is 5. The highest BCUT2D eigenvalue weighted by Gasteiger charge is 2.47. The molecule has 2 aromatic heterocycles. The zero-order chi connectivity index (χ0) is 55.3. The van der Waals surface area contributed by atoms with Gasteiger partial charge in [-0.2, -0.15) is 9.40 Å². The lowest BCUT2D eigenvalue weighted by molar-refractivity contribution is -0.157. The lowest BCUT2D eigenvalue weighted by Crippen LogP contribution is -2.55. The molecule has 3 atom stereocenters. The molecule has 3 aromatic carbocycles. The molecule has 0 radical (unpaired) electrons. The number of likely N-dealkylation sites (tertiary alicyclic amines) is 1. The zero-order valence-electron chi connectivity index (χ0n) is 44.0. The van der Waals surface area contributed by atoms with Crippen LogP contribution in [0.2, 0.25) is 5.02 Å². The number of ether oxygens (including phenoxy) is 3. The van der Waals surface area contributed by atoms with E-state index in [1.165, 1.54) is 10.4 Å². The second-order valence-electron chi connectivity index (χ2n) is 22.3. The summed E-state index contributed by atoms with van der Waals surface area (Å²) in [6, 6.07) is 17.8. The molecule has 3 N–H and O–H groups in total. The molecular weight excluding hydrogens is 1040 g/mol. The summed E-state index contributed by atoms with van der Waals surface area (Å²) in [5, 5.41) is 13.9. The van der Waals surface area contributed by atoms with E-state index in [4.69, 9.17) is 25.8 Å². The number of alkyl halides is 2. The quantitative estimate of drug-likeness (QED) is 0.0744. The maximum Gasteiger partial charge on any atom is 0.352 e. The van der Waals surface area contributed by atoms with Gasteiger partial charge in [0.05, 0.1) is 40.2 Å². The highest BCUT2D eigenvalue weighted by Crippen LogP contribution is 2.47. The molecule has 2 unspecified atom stereocenters. The Hall–Kier alpha value is -6.16. The lowest BCUT2D eigenvalue weighted by Gasteiger charge is -2.45. The number of anilines is 2. The first-order valence-corrected chi connectivity index (χ1v) is 27.9. The molecule has 0 saturated carbocycles. The third-order valence-electron chi connectivity index (χ3n) is 13.4. The number of piperidine rings is 3. The fourth-order valence-electron chi connectivity index (χ4n) is 10.2. The normalized spacial score (nSPS) is 20.2. The number of hydrogen-bond acceptors (Lipinski definition) is 13. The number of nitrogens with zero attached hydrogens (tertiary/aromatic N) is 4. The highest BCUT2D eigenvalue weighted by atomic mass is 35.5. The van der Waals surface area contributed by atoms with Crippen molar-refractivity contribution in [3.05, 3.63) is 93.5 Å². The number of nitrogens with one attached hydrogen (secondary N) is 3. The molecule has 76 heavy (non-hydrogen) atoms. The van der Waals surface area contributed by atoms with Gasteiger partial charge >= 0.3 is 18.0 Å². The molecule has 408 valence electrons. The van der Waals surface area contributed by atoms with Crippen molar-refractivity contribution in [1.82, 2.24) is 24.3 Å². The van der Waals surface area contributed by atoms with Gasteiger partial charge in [0.1, 0.15) is 16.2 Å². The summed E-state index contributed by atoms with van der Waals surface area (Å²) in [7, 11) is -2.24. The van der Waals surface area contributed by atoms with E-state index in [-0.39, 0.29) is 65.0 Å². The van der Waals surface area contributed by atoms with Gasteiger partial charge in [0.25, 0.3) is 5.92 Å². The summed E-state index contributed by atoms with van der Waals surface area (Å²) in [6.07, 6.45) is 1.36. The van der Waals surface area contributed by atoms with Gasteiger partial charge in [-0.3, -0.25) is 19.6 Å². The van der Waals surface area contributed by atoms with Crippen LogP contribution in [0, 0.1) is 0 Å². The molecule has 0 aliphatic carbocycles. The van der Waals surface area contributed by atoms with Crippen LogP contribution in [0.1, 0.15) is 126 Å². The molecule has 0 spiro atoms. The van der Waals surface area contributed by atoms with Crippen molar-refractivity contribution in [1.29, 1.82) is 0 Å². The Kier molecular flexibility index (Phi) is 15.7. The van der Waals surface area contributed by atoms with Gasteiger partial charge in [0.2, 0.25) is 21.8 Å². The van der Waals surface area contributed by atoms with Crippen molar-refractivity contribution in [2.45, 2.75) is 134 Å². The summed E-state index contributed by atoms with van der Waals surface area (Å²) >= 11 is 7.98. The molecule has 0 bridgehead atoms. The number of esters is 2. The van der Waals surface area contributed by atoms with Crippen molar-refractivity contribution in [2.24, 2.45) is 7.05 Å². The van der Waals surface area contributed by atoms with Crippen molar-refractivity contribution in [2.75, 3.05) is 36.9 Å². The van der Waals surface area contributed by atoms with Gasteiger partial charge < -0.3 is 29.7 Å². The molecule has 17 nitrogen and oxygen atoms in total. The predicted molar refractivity (Wildman–Crippen MR) is 287 cm³/mol. The predicted octanol–water partition coefficient (Wildman–Crippen LogP) is 9.99. The van der Waals surface area contributed by atoms with Crippen molar-refractivity contribution in [3.8, 4) is 16.2 Å². The van der Waals surface area contributed by atoms with Crippen LogP contribution >= 0.6 is 22.9 Å². The number of hydrogen-bond donors (Lipinski definition) is 3. The minimum absolute atomic E-state index is 0.00939. The van der Waals surface area contributed by atoms with E-state index < -0.39 is 81.6 Å². The summed E-state index contributed by atoms with van der Waals surface area (Å²) in [5.74, 6) is -7.58. The van der Waals surface area contributed by atoms with Gasteiger partial charge in [0.15, 0.2) is 17.2 Å². The minimum atomic E-state index is -3.91. The van der Waals surface area contributed by atoms with Gasteiger partial charge in [-0.05, 0) is 128 Å². The number of halogens is 3. The second kappa shape index (κ2) is 21.3. The summed E-state index contributed by atoms with van der Waals surface area (Å²) < 4.78 is 80.3. The molecule has 3 aliphatic heterocycles. The Balaban J connectivity index is 0.881. The lowest BCUT2D eigenvalue weighted by atomic mass is 9.85. The number of fused-ring (bicyclic) bond motifs is 1. The third kappa shape index (κ3) is 12.8. The number of aryl methyl sites for hydroxylation is 1. The van der Waals surface area contributed by atoms with E-state index in [0.717, 1.165) is 21.9 Å². The Labute approximate surface area is 450 Å². The number of amides is 4. The molecular formula is C54H64ClF2N7O10S2. The number of sulfonamides is 1. The van der Waals surface area contributed by atoms with E-state index >= 15 is 8.78 Å². The number of carbonyl (C=O) groups is 5. The summed E-state index contributed by atoms with van der Waals surface area (Å²) in [5.41, 5.74) is 1.09. The SMILES string of the molecule is Cn1nc(C2CCC(=O)NC2=O)c2ccc(C3CCN(C(=O)Nc4cccc(CS(=O)(=O)N5CC[C@H](Nc6cccc(-c7sc(C(=O)OC(C)(C)C)c(OCC(=O)OC(C)(C)C)c7Cl)c6)CC5(C)C)c4)CC3(F)F)cc21. The average Bonchev–Trinajstić information content (AvgIpc) is 3.81. The molecule has 4 amide bonds. The van der Waals surface area contributed by atoms with Crippen LogP contribution in [0.15, 0.2) is 66.7 Å². The Morgan fingerprint density at radius 2 is 1.63 bits per heavy atom. The van der Waals surface area contributed by atoms with Crippen LogP contribution in [0.4, 0.5) is 25.0 Å². The van der Waals surface area contributed by atoms with Gasteiger partial charge in [-0.25, -0.2) is 31.6 Å². The number of imide groups is 1. The van der Waals surface area contributed by atoms with Crippen LogP contribution < -0.4 is 20.7 Å². The third-order valence-corrected chi connectivity index (χ3v) is 17.1. The van der Waals surface area contributed by atoms with E-state index in [2.05, 4.69) is 21.0 Å². The fourth-order valence-corrected chi connectivity index (χ4v) is 13.6. The van der Waals surface area contributed by atoms with Crippen LogP contribution in [0.3, 0.4) is 0 Å². The van der Waals surface area contributed by atoms with Gasteiger partial charge in [-0.1, -0.05) is 48.0 Å². The Morgan fingerprint density at radius 3 is 2.32 bits per heavy atom. The summed E-state index contributed by atoms with van der Waals surface area (Å²) in [6.45, 7) is 13.1. The molecule has 5 heterocycles. The first-order valence-electron chi connectivity index (χ1n) is 25.1. The number of benzene rings is 3. The minimum Gasteiger partial charge on any atom is -0.479 e. The number of urea groups is 1. The highest BCUT2D eigenvalue weighted by molar-refractivity contribution is 7.88. The van der Waals surface area contributed by atoms with E-state index in [1.807, 2.05) is 38.1 Å². The van der Waals surface area contributed by atoms with Crippen molar-refractivity contribution >= 4 is 85.0 Å². The molecule has 22 heteroatoms. The second-order valence-corrected chi connectivity index (χ2v) is 25.6. The number of thiophene rings is 1. The van der Waals surface area contributed by atoms with Crippen LogP contribution in [-0.4, -0.2) is 112 Å². The standard InChI is InChI=1S/C54H64ClF2N7O10S2/c1-51(2,3)73-42(66)28-72-45-43(55)46(75-47(45)49(68)74-52(4,5)6)33-13-11-15-35(25-33)58-36-20-23-64(53(7,8)27-36)76(70,71)29-31-12-10-14-34(24-31)59-50(69)63-22-21-39(54(56,57)30-63)32-16-17-37-40(26-32)62(9)61-44(37)38-18-19-41(65)60-48(38)67/h10-17,24-26,36,38-39,58H,18-23,27-30H2,1-9H3,(H,59,69)(H,60,65,67)/t36-,38?,39?/m0/s1. The molecule has 3 saturated heterocycles. The topological polar surface area (TPSA) is 208 Å². The molecule has 5 aromatic rings. The van der Waals surface area contributed by atoms with Crippen molar-refractivity contribution < 1.29 is 55.4 Å². The van der Waals surface area contributed by atoms with Crippen molar-refractivity contribution in [3.63, 3.8) is 0 Å². The van der Waals surface area contributed by atoms with E-state index in [0.29, 0.717) is 57.4 Å². The average molecular weight is 1110 g/mol. The first-order chi connectivity index (χ1) is 35.5. The van der Waals surface area contributed by atoms with Crippen LogP contribution in [0.5, 0.6) is 5.75 Å². The fraction of sp³-hybridized carbons (Fsp3) is 0.481. The first kappa shape index (κ1) is 56.1. The smallest absolute Gasteiger partial charge is 0.352 e. The van der Waals surface area contributed by atoms with E-state index in [1.54, 1.807) is 89.7 Å². The van der Waals surface area contributed by atoms with Crippen LogP contribution in [-0.2, 0) is 46.7 Å². The Morgan fingerprint density at radius 1 is 0.921 bits per heavy atom. The van der Waals surface area contributed by atoms with E-state index in [9.17, 15) is 32.4 Å². The van der Waals surface area contributed by atoms with Gasteiger partial charge in [-0.15, -0.1) is 11.3 Å². The maximum atomic E-state index is 16.0. The Bertz CT molecular complexity index is 3200. The largest absolute Gasteiger partial charge is 0.479 e. The molecule has 3 fully saturated rings. The summed E-state index contributed by atoms with van der Waals surface area (Å²) in [4.78, 5) is 65.5. The zero-order valence-corrected chi connectivity index (χ0v) is 46.4. The van der Waals surface area contributed by atoms with Gasteiger partial charge in [0, 0.05) is 54.9 Å². The monoisotopic (exact) mass is 1110 g/mol. The number of rotatable bonds is 13.